The summed E-state index contributed by atoms with van der Waals surface area (Å²) in [6.07, 6.45) is 4.08. The third kappa shape index (κ3) is 1.39. The predicted octanol–water partition coefficient (Wildman–Crippen LogP) is 2.64. The second-order valence-electron chi connectivity index (χ2n) is 3.72. The molecule has 2 heteroatoms. The van der Waals surface area contributed by atoms with Crippen LogP contribution in [-0.4, -0.2) is 4.40 Å². The minimum atomic E-state index is 0.570. The van der Waals surface area contributed by atoms with Crippen molar-refractivity contribution < 1.29 is 0 Å². The lowest BCUT2D eigenvalue weighted by atomic mass is 10.1. The lowest BCUT2D eigenvalue weighted by Gasteiger charge is -1.97. The zero-order valence-electron chi connectivity index (χ0n) is 7.99. The Morgan fingerprint density at radius 2 is 2.00 bits per heavy atom. The second kappa shape index (κ2) is 2.80. The molecule has 0 bridgehead atoms. The summed E-state index contributed by atoms with van der Waals surface area (Å²) < 4.78 is 2.07. The zero-order chi connectivity index (χ0) is 9.42. The van der Waals surface area contributed by atoms with Crippen LogP contribution in [0.5, 0.6) is 0 Å². The van der Waals surface area contributed by atoms with E-state index < -0.39 is 0 Å². The minimum absolute atomic E-state index is 0.570. The molecule has 0 spiro atoms. The molecule has 68 valence electrons. The minimum Gasteiger partial charge on any atom is -0.398 e. The molecule has 2 N–H and O–H groups in total. The Hall–Kier alpha value is -1.44. The fourth-order valence-corrected chi connectivity index (χ4v) is 1.46. The van der Waals surface area contributed by atoms with Crippen LogP contribution < -0.4 is 5.73 Å². The third-order valence-corrected chi connectivity index (χ3v) is 2.30. The summed E-state index contributed by atoms with van der Waals surface area (Å²) in [7, 11) is 0. The van der Waals surface area contributed by atoms with E-state index in [-0.39, 0.29) is 0 Å². The highest BCUT2D eigenvalue weighted by Crippen LogP contribution is 2.19. The van der Waals surface area contributed by atoms with Gasteiger partial charge in [0.15, 0.2) is 0 Å². The first kappa shape index (κ1) is 8.17. The van der Waals surface area contributed by atoms with Gasteiger partial charge in [0.25, 0.3) is 0 Å². The van der Waals surface area contributed by atoms with Crippen LogP contribution >= 0.6 is 0 Å². The van der Waals surface area contributed by atoms with Crippen LogP contribution in [0.4, 0.5) is 5.69 Å². The van der Waals surface area contributed by atoms with Crippen molar-refractivity contribution in [2.45, 2.75) is 19.8 Å². The SMILES string of the molecule is CC(C)c1cc2ccc(N)cn2c1. The molecule has 0 aliphatic carbocycles. The Balaban J connectivity index is 2.62. The quantitative estimate of drug-likeness (QED) is 0.707. The number of rotatable bonds is 1. The van der Waals surface area contributed by atoms with Crippen molar-refractivity contribution in [1.29, 1.82) is 0 Å². The number of nitrogens with zero attached hydrogens (tertiary/aromatic N) is 1. The van der Waals surface area contributed by atoms with E-state index in [0.717, 1.165) is 5.69 Å². The summed E-state index contributed by atoms with van der Waals surface area (Å²) in [6, 6.07) is 6.17. The Morgan fingerprint density at radius 1 is 1.23 bits per heavy atom. The monoisotopic (exact) mass is 174 g/mol. The molecule has 0 saturated heterocycles. The average molecular weight is 174 g/mol. The molecule has 2 rings (SSSR count). The topological polar surface area (TPSA) is 30.4 Å². The molecule has 0 aliphatic heterocycles. The average Bonchev–Trinajstić information content (AvgIpc) is 2.46. The summed E-state index contributed by atoms with van der Waals surface area (Å²) in [6.45, 7) is 4.39. The van der Waals surface area contributed by atoms with Gasteiger partial charge in [-0.25, -0.2) is 0 Å². The fourth-order valence-electron chi connectivity index (χ4n) is 1.46. The molecule has 0 amide bonds. The first-order chi connectivity index (χ1) is 6.16. The normalized spacial score (nSPS) is 11.3. The number of fused-ring (bicyclic) bond motifs is 1. The zero-order valence-corrected chi connectivity index (χ0v) is 7.99. The summed E-state index contributed by atoms with van der Waals surface area (Å²) in [5.74, 6) is 0.570. The maximum Gasteiger partial charge on any atom is 0.0483 e. The first-order valence-corrected chi connectivity index (χ1v) is 4.54. The smallest absolute Gasteiger partial charge is 0.0483 e. The molecule has 2 aromatic heterocycles. The van der Waals surface area contributed by atoms with Crippen LogP contribution in [-0.2, 0) is 0 Å². The van der Waals surface area contributed by atoms with Gasteiger partial charge in [-0.15, -0.1) is 0 Å². The van der Waals surface area contributed by atoms with Gasteiger partial charge in [0, 0.05) is 23.6 Å². The van der Waals surface area contributed by atoms with Crippen molar-refractivity contribution in [3.63, 3.8) is 0 Å². The van der Waals surface area contributed by atoms with Crippen LogP contribution in [0.3, 0.4) is 0 Å². The van der Waals surface area contributed by atoms with Gasteiger partial charge in [0.1, 0.15) is 0 Å². The summed E-state index contributed by atoms with van der Waals surface area (Å²) in [4.78, 5) is 0. The summed E-state index contributed by atoms with van der Waals surface area (Å²) in [5, 5.41) is 0. The number of hydrogen-bond donors (Lipinski definition) is 1. The Labute approximate surface area is 78.0 Å². The van der Waals surface area contributed by atoms with E-state index in [9.17, 15) is 0 Å². The van der Waals surface area contributed by atoms with Crippen LogP contribution in [0.1, 0.15) is 25.3 Å². The van der Waals surface area contributed by atoms with Crippen molar-refractivity contribution >= 4 is 11.2 Å². The molecule has 0 aliphatic rings. The molecule has 0 saturated carbocycles. The number of hydrogen-bond acceptors (Lipinski definition) is 1. The van der Waals surface area contributed by atoms with Crippen LogP contribution in [0, 0.1) is 0 Å². The van der Waals surface area contributed by atoms with Crippen molar-refractivity contribution in [3.8, 4) is 0 Å². The Bertz CT molecular complexity index is 427. The molecule has 13 heavy (non-hydrogen) atoms. The lowest BCUT2D eigenvalue weighted by molar-refractivity contribution is 0.866. The molecule has 2 heterocycles. The molecule has 0 aromatic carbocycles. The molecule has 2 aromatic rings. The van der Waals surface area contributed by atoms with Crippen molar-refractivity contribution in [2.75, 3.05) is 5.73 Å². The highest BCUT2D eigenvalue weighted by atomic mass is 14.9. The number of nitrogen functional groups attached to an aromatic ring is 1. The number of nitrogens with two attached hydrogens (primary N) is 1. The van der Waals surface area contributed by atoms with E-state index in [0.29, 0.717) is 5.92 Å². The molecular formula is C11H14N2. The molecule has 0 unspecified atom stereocenters. The van der Waals surface area contributed by atoms with Gasteiger partial charge in [-0.2, -0.15) is 0 Å². The maximum atomic E-state index is 5.69. The van der Waals surface area contributed by atoms with Crippen molar-refractivity contribution in [3.05, 3.63) is 36.2 Å². The molecular weight excluding hydrogens is 160 g/mol. The summed E-state index contributed by atoms with van der Waals surface area (Å²) in [5.41, 5.74) is 9.05. The van der Waals surface area contributed by atoms with Crippen molar-refractivity contribution in [1.82, 2.24) is 4.40 Å². The van der Waals surface area contributed by atoms with Gasteiger partial charge < -0.3 is 10.1 Å². The lowest BCUT2D eigenvalue weighted by Crippen LogP contribution is -1.88. The standard InChI is InChI=1S/C11H14N2/c1-8(2)9-5-11-4-3-10(12)7-13(11)6-9/h3-8H,12H2,1-2H3. The van der Waals surface area contributed by atoms with Gasteiger partial charge in [-0.3, -0.25) is 0 Å². The molecule has 0 atom stereocenters. The third-order valence-electron chi connectivity index (χ3n) is 2.30. The van der Waals surface area contributed by atoms with Crippen LogP contribution in [0.15, 0.2) is 30.6 Å². The Kier molecular flexibility index (Phi) is 1.76. The number of aromatic nitrogens is 1. The van der Waals surface area contributed by atoms with E-state index in [1.807, 2.05) is 18.3 Å². The van der Waals surface area contributed by atoms with Gasteiger partial charge in [-0.1, -0.05) is 13.8 Å². The van der Waals surface area contributed by atoms with E-state index in [1.54, 1.807) is 0 Å². The van der Waals surface area contributed by atoms with E-state index in [1.165, 1.54) is 11.1 Å². The summed E-state index contributed by atoms with van der Waals surface area (Å²) >= 11 is 0. The maximum absolute atomic E-state index is 5.69. The van der Waals surface area contributed by atoms with Crippen molar-refractivity contribution in [2.24, 2.45) is 0 Å². The van der Waals surface area contributed by atoms with E-state index in [2.05, 4.69) is 30.5 Å². The number of pyridine rings is 1. The molecule has 0 radical (unpaired) electrons. The highest BCUT2D eigenvalue weighted by Gasteiger charge is 2.02. The fraction of sp³-hybridized carbons (Fsp3) is 0.273. The van der Waals surface area contributed by atoms with Gasteiger partial charge in [0.2, 0.25) is 0 Å². The first-order valence-electron chi connectivity index (χ1n) is 4.54. The largest absolute Gasteiger partial charge is 0.398 e. The van der Waals surface area contributed by atoms with E-state index >= 15 is 0 Å². The van der Waals surface area contributed by atoms with Crippen LogP contribution in [0.25, 0.3) is 5.52 Å². The van der Waals surface area contributed by atoms with Gasteiger partial charge in [0.05, 0.1) is 0 Å². The van der Waals surface area contributed by atoms with Crippen LogP contribution in [0.2, 0.25) is 0 Å². The number of anilines is 1. The highest BCUT2D eigenvalue weighted by molar-refractivity contribution is 5.55. The predicted molar refractivity (Wildman–Crippen MR) is 55.9 cm³/mol. The molecule has 0 fully saturated rings. The second-order valence-corrected chi connectivity index (χ2v) is 3.72. The Morgan fingerprint density at radius 3 is 2.69 bits per heavy atom. The van der Waals surface area contributed by atoms with Gasteiger partial charge in [-0.05, 0) is 29.7 Å². The van der Waals surface area contributed by atoms with E-state index in [4.69, 9.17) is 5.73 Å². The van der Waals surface area contributed by atoms with Gasteiger partial charge >= 0.3 is 0 Å². The molecule has 2 nitrogen and oxygen atoms in total.